The zero-order valence-corrected chi connectivity index (χ0v) is 12.6. The first-order chi connectivity index (χ1) is 9.00. The zero-order valence-electron chi connectivity index (χ0n) is 12.6. The van der Waals surface area contributed by atoms with Crippen molar-refractivity contribution in [2.45, 2.75) is 31.6 Å². The molecule has 19 heavy (non-hydrogen) atoms. The molecule has 1 fully saturated rings. The summed E-state index contributed by atoms with van der Waals surface area (Å²) in [5.41, 5.74) is -0.704. The fraction of sp³-hybridized carbons (Fsp3) is 0.923. The summed E-state index contributed by atoms with van der Waals surface area (Å²) in [6, 6.07) is 0. The van der Waals surface area contributed by atoms with Gasteiger partial charge in [0, 0.05) is 33.9 Å². The average molecular weight is 274 g/mol. The summed E-state index contributed by atoms with van der Waals surface area (Å²) in [5.74, 6) is -0.246. The average Bonchev–Trinajstić information content (AvgIpc) is 2.79. The van der Waals surface area contributed by atoms with E-state index in [0.29, 0.717) is 13.1 Å². The smallest absolute Gasteiger partial charge is 0.327 e. The van der Waals surface area contributed by atoms with Crippen LogP contribution >= 0.6 is 0 Å². The molecule has 0 spiro atoms. The van der Waals surface area contributed by atoms with Gasteiger partial charge in [-0.15, -0.1) is 0 Å². The molecule has 0 bridgehead atoms. The monoisotopic (exact) mass is 274 g/mol. The molecule has 0 aliphatic carbocycles. The summed E-state index contributed by atoms with van der Waals surface area (Å²) < 4.78 is 15.7. The molecule has 0 saturated carbocycles. The molecule has 0 radical (unpaired) electrons. The molecule has 1 N–H and O–H groups in total. The standard InChI is InChI=1S/C13H26N2O4/c1-6-14-13(2,12(16)19-5)9-15-7-10(17-3)11(8-15)18-4/h10-11,14H,6-9H2,1-5H3. The first-order valence-electron chi connectivity index (χ1n) is 6.62. The van der Waals surface area contributed by atoms with E-state index in [-0.39, 0.29) is 18.2 Å². The highest BCUT2D eigenvalue weighted by Crippen LogP contribution is 2.19. The summed E-state index contributed by atoms with van der Waals surface area (Å²) in [6.07, 6.45) is 0.0991. The Kier molecular flexibility index (Phi) is 6.19. The predicted molar refractivity (Wildman–Crippen MR) is 72.1 cm³/mol. The highest BCUT2D eigenvalue weighted by Gasteiger charge is 2.40. The van der Waals surface area contributed by atoms with Crippen molar-refractivity contribution in [1.29, 1.82) is 0 Å². The largest absolute Gasteiger partial charge is 0.468 e. The van der Waals surface area contributed by atoms with E-state index in [4.69, 9.17) is 14.2 Å². The minimum Gasteiger partial charge on any atom is -0.468 e. The number of esters is 1. The van der Waals surface area contributed by atoms with Crippen LogP contribution in [0.5, 0.6) is 0 Å². The van der Waals surface area contributed by atoms with Gasteiger partial charge in [0.05, 0.1) is 19.3 Å². The molecule has 112 valence electrons. The van der Waals surface area contributed by atoms with Crippen molar-refractivity contribution in [2.75, 3.05) is 47.5 Å². The number of rotatable bonds is 7. The second kappa shape index (κ2) is 7.19. The van der Waals surface area contributed by atoms with Crippen LogP contribution in [0.4, 0.5) is 0 Å². The third-order valence-electron chi connectivity index (χ3n) is 3.64. The van der Waals surface area contributed by atoms with Crippen LogP contribution < -0.4 is 5.32 Å². The normalized spacial score (nSPS) is 27.2. The van der Waals surface area contributed by atoms with Crippen LogP contribution in [0.2, 0.25) is 0 Å². The second-order valence-electron chi connectivity index (χ2n) is 5.10. The lowest BCUT2D eigenvalue weighted by Gasteiger charge is -2.31. The topological polar surface area (TPSA) is 60.0 Å². The minimum atomic E-state index is -0.704. The van der Waals surface area contributed by atoms with Crippen LogP contribution in [0.3, 0.4) is 0 Å². The molecule has 3 atom stereocenters. The first kappa shape index (κ1) is 16.4. The van der Waals surface area contributed by atoms with Gasteiger partial charge in [0.15, 0.2) is 0 Å². The van der Waals surface area contributed by atoms with Crippen molar-refractivity contribution < 1.29 is 19.0 Å². The van der Waals surface area contributed by atoms with Crippen LogP contribution in [0.15, 0.2) is 0 Å². The summed E-state index contributed by atoms with van der Waals surface area (Å²) in [6.45, 7) is 6.64. The third kappa shape index (κ3) is 3.89. The molecule has 1 rings (SSSR count). The summed E-state index contributed by atoms with van der Waals surface area (Å²) in [5, 5.41) is 3.20. The van der Waals surface area contributed by atoms with E-state index < -0.39 is 5.54 Å². The Bertz CT molecular complexity index is 288. The Morgan fingerprint density at radius 1 is 1.26 bits per heavy atom. The lowest BCUT2D eigenvalue weighted by atomic mass is 10.0. The Balaban J connectivity index is 2.68. The first-order valence-corrected chi connectivity index (χ1v) is 6.62. The van der Waals surface area contributed by atoms with Gasteiger partial charge in [0.25, 0.3) is 0 Å². The number of ether oxygens (including phenoxy) is 3. The molecule has 1 saturated heterocycles. The van der Waals surface area contributed by atoms with Gasteiger partial charge in [-0.2, -0.15) is 0 Å². The molecule has 0 amide bonds. The van der Waals surface area contributed by atoms with E-state index >= 15 is 0 Å². The number of nitrogens with zero attached hydrogens (tertiary/aromatic N) is 1. The molecular weight excluding hydrogens is 248 g/mol. The fourth-order valence-corrected chi connectivity index (χ4v) is 2.66. The van der Waals surface area contributed by atoms with Crippen LogP contribution in [0.25, 0.3) is 0 Å². The van der Waals surface area contributed by atoms with E-state index in [9.17, 15) is 4.79 Å². The van der Waals surface area contributed by atoms with E-state index in [0.717, 1.165) is 13.1 Å². The zero-order chi connectivity index (χ0) is 14.5. The molecule has 3 unspecified atom stereocenters. The van der Waals surface area contributed by atoms with E-state index in [1.54, 1.807) is 14.2 Å². The quantitative estimate of drug-likeness (QED) is 0.653. The van der Waals surface area contributed by atoms with Gasteiger partial charge in [-0.1, -0.05) is 6.92 Å². The molecule has 1 aliphatic rings. The Morgan fingerprint density at radius 3 is 2.16 bits per heavy atom. The van der Waals surface area contributed by atoms with Crippen molar-refractivity contribution in [2.24, 2.45) is 0 Å². The number of hydrogen-bond donors (Lipinski definition) is 1. The van der Waals surface area contributed by atoms with Crippen molar-refractivity contribution in [3.8, 4) is 0 Å². The number of likely N-dealkylation sites (N-methyl/N-ethyl adjacent to an activating group) is 1. The number of carbonyl (C=O) groups excluding carboxylic acids is 1. The van der Waals surface area contributed by atoms with E-state index in [2.05, 4.69) is 10.2 Å². The number of carbonyl (C=O) groups is 1. The maximum Gasteiger partial charge on any atom is 0.327 e. The van der Waals surface area contributed by atoms with Gasteiger partial charge in [-0.3, -0.25) is 9.69 Å². The third-order valence-corrected chi connectivity index (χ3v) is 3.64. The number of methoxy groups -OCH3 is 3. The van der Waals surface area contributed by atoms with Gasteiger partial charge < -0.3 is 19.5 Å². The fourth-order valence-electron chi connectivity index (χ4n) is 2.66. The van der Waals surface area contributed by atoms with Crippen LogP contribution in [0, 0.1) is 0 Å². The van der Waals surface area contributed by atoms with Crippen molar-refractivity contribution >= 4 is 5.97 Å². The van der Waals surface area contributed by atoms with Crippen molar-refractivity contribution in [1.82, 2.24) is 10.2 Å². The van der Waals surface area contributed by atoms with Crippen molar-refractivity contribution in [3.63, 3.8) is 0 Å². The predicted octanol–water partition coefficient (Wildman–Crippen LogP) is -0.127. The molecule has 1 aliphatic heterocycles. The lowest BCUT2D eigenvalue weighted by Crippen LogP contribution is -2.57. The van der Waals surface area contributed by atoms with Crippen LogP contribution in [0.1, 0.15) is 13.8 Å². The van der Waals surface area contributed by atoms with E-state index in [1.165, 1.54) is 7.11 Å². The maximum atomic E-state index is 11.9. The summed E-state index contributed by atoms with van der Waals surface area (Å²) >= 11 is 0. The van der Waals surface area contributed by atoms with Gasteiger partial charge in [-0.05, 0) is 13.5 Å². The summed E-state index contributed by atoms with van der Waals surface area (Å²) in [4.78, 5) is 14.1. The molecular formula is C13H26N2O4. The van der Waals surface area contributed by atoms with Crippen LogP contribution in [-0.4, -0.2) is 76.1 Å². The highest BCUT2D eigenvalue weighted by molar-refractivity contribution is 5.80. The maximum absolute atomic E-state index is 11.9. The Labute approximate surface area is 115 Å². The number of nitrogens with one attached hydrogen (secondary N) is 1. The SMILES string of the molecule is CCNC(C)(CN1CC(OC)C(OC)C1)C(=O)OC. The van der Waals surface area contributed by atoms with Gasteiger partial charge in [0.1, 0.15) is 5.54 Å². The lowest BCUT2D eigenvalue weighted by molar-refractivity contribution is -0.148. The van der Waals surface area contributed by atoms with Gasteiger partial charge in [-0.25, -0.2) is 0 Å². The Hall–Kier alpha value is -0.690. The Morgan fingerprint density at radius 2 is 1.79 bits per heavy atom. The number of likely N-dealkylation sites (tertiary alicyclic amines) is 1. The van der Waals surface area contributed by atoms with Gasteiger partial charge >= 0.3 is 5.97 Å². The molecule has 0 aromatic rings. The van der Waals surface area contributed by atoms with Crippen LogP contribution in [-0.2, 0) is 19.0 Å². The van der Waals surface area contributed by atoms with Crippen molar-refractivity contribution in [3.05, 3.63) is 0 Å². The molecule has 1 heterocycles. The highest BCUT2D eigenvalue weighted by atomic mass is 16.5. The number of hydrogen-bond acceptors (Lipinski definition) is 6. The van der Waals surface area contributed by atoms with E-state index in [1.807, 2.05) is 13.8 Å². The summed E-state index contributed by atoms with van der Waals surface area (Å²) in [7, 11) is 4.78. The molecule has 6 heteroatoms. The molecule has 0 aromatic heterocycles. The minimum absolute atomic E-state index is 0.0496. The molecule has 0 aromatic carbocycles. The molecule has 6 nitrogen and oxygen atoms in total. The van der Waals surface area contributed by atoms with Gasteiger partial charge in [0.2, 0.25) is 0 Å². The second-order valence-corrected chi connectivity index (χ2v) is 5.10.